The van der Waals surface area contributed by atoms with Crippen molar-refractivity contribution < 1.29 is 13.2 Å². The molecule has 1 N–H and O–H groups in total. The number of hydrogen-bond acceptors (Lipinski definition) is 5. The molecule has 9 heteroatoms. The summed E-state index contributed by atoms with van der Waals surface area (Å²) in [7, 11) is -1.37. The molecule has 7 nitrogen and oxygen atoms in total. The van der Waals surface area contributed by atoms with Crippen molar-refractivity contribution in [2.45, 2.75) is 38.5 Å². The number of rotatable bonds is 5. The molecule has 26 heavy (non-hydrogen) atoms. The Morgan fingerprint density at radius 3 is 2.81 bits per heavy atom. The monoisotopic (exact) mass is 496 g/mol. The molecule has 0 atom stereocenters. The summed E-state index contributed by atoms with van der Waals surface area (Å²) in [5.74, 6) is 1.44. The van der Waals surface area contributed by atoms with Crippen molar-refractivity contribution in [3.05, 3.63) is 23.9 Å². The Balaban J connectivity index is 0.00000338. The summed E-state index contributed by atoms with van der Waals surface area (Å²) in [6.45, 7) is 7.58. The molecule has 1 aromatic rings. The standard InChI is InChI=1S/C17H28N4O3S.HI/c1-5-10-24-15-14(7-6-8-19-15)12-20-16(18-4)21-9-11-25(22,23)17(2,3)13-21;/h6-8H,5,9-13H2,1-4H3,(H,18,20);1H. The van der Waals surface area contributed by atoms with Crippen LogP contribution in [0.1, 0.15) is 32.8 Å². The molecule has 1 aliphatic heterocycles. The summed E-state index contributed by atoms with van der Waals surface area (Å²) in [5, 5.41) is 3.30. The molecule has 0 unspecified atom stereocenters. The lowest BCUT2D eigenvalue weighted by Gasteiger charge is -2.39. The van der Waals surface area contributed by atoms with Gasteiger partial charge in [-0.1, -0.05) is 13.0 Å². The molecule has 0 aliphatic carbocycles. The van der Waals surface area contributed by atoms with Gasteiger partial charge in [0.05, 0.1) is 17.1 Å². The highest BCUT2D eigenvalue weighted by Gasteiger charge is 2.40. The number of guanidine groups is 1. The van der Waals surface area contributed by atoms with E-state index in [1.807, 2.05) is 17.0 Å². The summed E-state index contributed by atoms with van der Waals surface area (Å²) in [5.41, 5.74) is 0.945. The van der Waals surface area contributed by atoms with Gasteiger partial charge in [0.2, 0.25) is 5.88 Å². The Hall–Kier alpha value is -1.10. The summed E-state index contributed by atoms with van der Waals surface area (Å²) in [6.07, 6.45) is 2.63. The topological polar surface area (TPSA) is 83.9 Å². The third kappa shape index (κ3) is 5.45. The first-order chi connectivity index (χ1) is 11.8. The number of nitrogens with zero attached hydrogens (tertiary/aromatic N) is 3. The Bertz CT molecular complexity index is 722. The molecule has 0 amide bonds. The molecular weight excluding hydrogens is 467 g/mol. The number of aliphatic imine (C=N–C) groups is 1. The number of pyridine rings is 1. The first-order valence-electron chi connectivity index (χ1n) is 8.55. The summed E-state index contributed by atoms with van der Waals surface area (Å²) < 4.78 is 29.2. The van der Waals surface area contributed by atoms with Gasteiger partial charge >= 0.3 is 0 Å². The van der Waals surface area contributed by atoms with Crippen LogP contribution in [-0.4, -0.2) is 61.5 Å². The van der Waals surface area contributed by atoms with Crippen LogP contribution < -0.4 is 10.1 Å². The predicted molar refractivity (Wildman–Crippen MR) is 115 cm³/mol. The van der Waals surface area contributed by atoms with Crippen molar-refractivity contribution in [1.29, 1.82) is 0 Å². The Morgan fingerprint density at radius 2 is 2.19 bits per heavy atom. The summed E-state index contributed by atoms with van der Waals surface area (Å²) >= 11 is 0. The average molecular weight is 496 g/mol. The minimum Gasteiger partial charge on any atom is -0.477 e. The second-order valence-corrected chi connectivity index (χ2v) is 9.46. The maximum atomic E-state index is 12.2. The van der Waals surface area contributed by atoms with E-state index in [-0.39, 0.29) is 29.7 Å². The highest BCUT2D eigenvalue weighted by molar-refractivity contribution is 14.0. The van der Waals surface area contributed by atoms with Gasteiger partial charge in [-0.15, -0.1) is 24.0 Å². The molecule has 1 aliphatic rings. The molecule has 1 saturated heterocycles. The van der Waals surface area contributed by atoms with E-state index in [1.165, 1.54) is 0 Å². The van der Waals surface area contributed by atoms with Crippen LogP contribution in [0, 0.1) is 0 Å². The van der Waals surface area contributed by atoms with E-state index < -0.39 is 14.6 Å². The van der Waals surface area contributed by atoms with Crippen LogP contribution in [0.3, 0.4) is 0 Å². The summed E-state index contributed by atoms with van der Waals surface area (Å²) in [4.78, 5) is 10.6. The molecule has 2 rings (SSSR count). The average Bonchev–Trinajstić information content (AvgIpc) is 2.57. The van der Waals surface area contributed by atoms with Gasteiger partial charge in [-0.3, -0.25) is 4.99 Å². The van der Waals surface area contributed by atoms with E-state index in [2.05, 4.69) is 22.2 Å². The Morgan fingerprint density at radius 1 is 1.46 bits per heavy atom. The molecule has 2 heterocycles. The van der Waals surface area contributed by atoms with Crippen LogP contribution >= 0.6 is 24.0 Å². The van der Waals surface area contributed by atoms with Crippen molar-refractivity contribution in [3.8, 4) is 5.88 Å². The maximum absolute atomic E-state index is 12.2. The van der Waals surface area contributed by atoms with Crippen molar-refractivity contribution in [2.24, 2.45) is 4.99 Å². The van der Waals surface area contributed by atoms with Crippen LogP contribution in [0.25, 0.3) is 0 Å². The third-order valence-corrected chi connectivity index (χ3v) is 6.82. The fourth-order valence-corrected chi connectivity index (χ4v) is 4.08. The zero-order valence-electron chi connectivity index (χ0n) is 15.9. The highest BCUT2D eigenvalue weighted by atomic mass is 127. The molecule has 1 aromatic heterocycles. The van der Waals surface area contributed by atoms with Gasteiger partial charge in [0.15, 0.2) is 15.8 Å². The van der Waals surface area contributed by atoms with Gasteiger partial charge in [0.25, 0.3) is 0 Å². The van der Waals surface area contributed by atoms with Crippen molar-refractivity contribution >= 4 is 39.8 Å². The van der Waals surface area contributed by atoms with E-state index in [0.717, 1.165) is 12.0 Å². The smallest absolute Gasteiger partial charge is 0.218 e. The van der Waals surface area contributed by atoms with E-state index in [4.69, 9.17) is 4.74 Å². The molecule has 0 radical (unpaired) electrons. The Labute approximate surface area is 173 Å². The zero-order valence-corrected chi connectivity index (χ0v) is 19.0. The first kappa shape index (κ1) is 22.9. The Kier molecular flexibility index (Phi) is 8.58. The zero-order chi connectivity index (χ0) is 18.5. The quantitative estimate of drug-likeness (QED) is 0.382. The fourth-order valence-electron chi connectivity index (χ4n) is 2.72. The lowest BCUT2D eigenvalue weighted by Crippen LogP contribution is -2.57. The van der Waals surface area contributed by atoms with E-state index in [0.29, 0.717) is 38.1 Å². The largest absolute Gasteiger partial charge is 0.477 e. The molecule has 1 fully saturated rings. The number of halogens is 1. The minimum atomic E-state index is -3.07. The van der Waals surface area contributed by atoms with Crippen LogP contribution in [0.5, 0.6) is 5.88 Å². The SMILES string of the molecule is CCCOc1ncccc1CNC(=NC)N1CCS(=O)(=O)C(C)(C)C1.I. The first-order valence-corrected chi connectivity index (χ1v) is 10.2. The number of aromatic nitrogens is 1. The van der Waals surface area contributed by atoms with Gasteiger partial charge < -0.3 is 15.0 Å². The van der Waals surface area contributed by atoms with Crippen LogP contribution in [-0.2, 0) is 16.4 Å². The molecule has 0 saturated carbocycles. The number of nitrogens with one attached hydrogen (secondary N) is 1. The minimum absolute atomic E-state index is 0. The lowest BCUT2D eigenvalue weighted by molar-refractivity contribution is 0.301. The van der Waals surface area contributed by atoms with Gasteiger partial charge in [-0.2, -0.15) is 0 Å². The van der Waals surface area contributed by atoms with Gasteiger partial charge in [0.1, 0.15) is 0 Å². The third-order valence-electron chi connectivity index (χ3n) is 4.28. The lowest BCUT2D eigenvalue weighted by atomic mass is 10.2. The highest BCUT2D eigenvalue weighted by Crippen LogP contribution is 2.24. The molecule has 0 bridgehead atoms. The molecule has 0 aromatic carbocycles. The van der Waals surface area contributed by atoms with Gasteiger partial charge in [-0.25, -0.2) is 13.4 Å². The number of hydrogen-bond donors (Lipinski definition) is 1. The predicted octanol–water partition coefficient (Wildman–Crippen LogP) is 2.07. The van der Waals surface area contributed by atoms with E-state index >= 15 is 0 Å². The molecular formula is C17H29IN4O3S. The number of sulfone groups is 1. The summed E-state index contributed by atoms with van der Waals surface area (Å²) in [6, 6.07) is 3.83. The fraction of sp³-hybridized carbons (Fsp3) is 0.647. The van der Waals surface area contributed by atoms with Crippen molar-refractivity contribution in [2.75, 3.05) is 32.5 Å². The van der Waals surface area contributed by atoms with E-state index in [9.17, 15) is 8.42 Å². The van der Waals surface area contributed by atoms with Crippen LogP contribution in [0.15, 0.2) is 23.3 Å². The van der Waals surface area contributed by atoms with E-state index in [1.54, 1.807) is 27.1 Å². The second kappa shape index (κ2) is 9.72. The van der Waals surface area contributed by atoms with Gasteiger partial charge in [0, 0.05) is 38.4 Å². The van der Waals surface area contributed by atoms with Crippen LogP contribution in [0.4, 0.5) is 0 Å². The second-order valence-electron chi connectivity index (χ2n) is 6.72. The normalized spacial score (nSPS) is 18.8. The number of ether oxygens (including phenoxy) is 1. The maximum Gasteiger partial charge on any atom is 0.218 e. The molecule has 0 spiro atoms. The van der Waals surface area contributed by atoms with Crippen molar-refractivity contribution in [1.82, 2.24) is 15.2 Å². The molecule has 148 valence electrons. The van der Waals surface area contributed by atoms with Crippen LogP contribution in [0.2, 0.25) is 0 Å². The van der Waals surface area contributed by atoms with Crippen molar-refractivity contribution in [3.63, 3.8) is 0 Å². The van der Waals surface area contributed by atoms with Gasteiger partial charge in [-0.05, 0) is 26.3 Å².